The van der Waals surface area contributed by atoms with Crippen molar-refractivity contribution in [3.05, 3.63) is 35.7 Å². The zero-order chi connectivity index (χ0) is 18.4. The third kappa shape index (κ3) is 4.58. The lowest BCUT2D eigenvalue weighted by molar-refractivity contribution is 0.354. The third-order valence-corrected chi connectivity index (χ3v) is 5.57. The Kier molecular flexibility index (Phi) is 6.55. The van der Waals surface area contributed by atoms with Crippen molar-refractivity contribution >= 4 is 10.0 Å². The van der Waals surface area contributed by atoms with Crippen molar-refractivity contribution in [2.45, 2.75) is 57.5 Å². The standard InChI is InChI=1S/C17H26N4O3S/c1-5-7-8-14-9-11-15(12-10-14)25(22,23)20-13(3)16-18-19-17(24-4)21(16)6-2/h9-13,20H,5-8H2,1-4H3/t13-/m1/s1. The molecule has 0 aliphatic carbocycles. The van der Waals surface area contributed by atoms with Crippen molar-refractivity contribution in [2.75, 3.05) is 7.11 Å². The largest absolute Gasteiger partial charge is 0.467 e. The number of nitrogens with zero attached hydrogens (tertiary/aromatic N) is 3. The second kappa shape index (κ2) is 8.44. The molecule has 1 heterocycles. The number of hydrogen-bond donors (Lipinski definition) is 1. The molecule has 2 aromatic rings. The average molecular weight is 366 g/mol. The number of benzene rings is 1. The molecule has 7 nitrogen and oxygen atoms in total. The normalized spacial score (nSPS) is 13.0. The predicted molar refractivity (Wildman–Crippen MR) is 96.0 cm³/mol. The lowest BCUT2D eigenvalue weighted by Crippen LogP contribution is -2.29. The summed E-state index contributed by atoms with van der Waals surface area (Å²) in [6.45, 7) is 6.38. The van der Waals surface area contributed by atoms with E-state index in [4.69, 9.17) is 4.74 Å². The fourth-order valence-electron chi connectivity index (χ4n) is 2.64. The second-order valence-corrected chi connectivity index (χ2v) is 7.59. The van der Waals surface area contributed by atoms with Crippen LogP contribution in [0.15, 0.2) is 29.2 Å². The fraction of sp³-hybridized carbons (Fsp3) is 0.529. The average Bonchev–Trinajstić information content (AvgIpc) is 3.03. The van der Waals surface area contributed by atoms with Crippen LogP contribution in [0.3, 0.4) is 0 Å². The maximum Gasteiger partial charge on any atom is 0.316 e. The van der Waals surface area contributed by atoms with Gasteiger partial charge in [-0.05, 0) is 44.4 Å². The predicted octanol–water partition coefficient (Wildman–Crippen LogP) is 2.69. The Balaban J connectivity index is 2.16. The van der Waals surface area contributed by atoms with Crippen LogP contribution in [-0.2, 0) is 23.0 Å². The second-order valence-electron chi connectivity index (χ2n) is 5.88. The number of nitrogens with one attached hydrogen (secondary N) is 1. The topological polar surface area (TPSA) is 86.1 Å². The molecule has 0 saturated carbocycles. The molecule has 0 amide bonds. The van der Waals surface area contributed by atoms with E-state index < -0.39 is 16.1 Å². The molecule has 1 aromatic carbocycles. The van der Waals surface area contributed by atoms with Gasteiger partial charge in [0.25, 0.3) is 0 Å². The number of methoxy groups -OCH3 is 1. The molecule has 1 atom stereocenters. The third-order valence-electron chi connectivity index (χ3n) is 4.02. The summed E-state index contributed by atoms with van der Waals surface area (Å²) in [5.41, 5.74) is 1.14. The van der Waals surface area contributed by atoms with Crippen LogP contribution in [0.2, 0.25) is 0 Å². The Bertz CT molecular complexity index is 785. The van der Waals surface area contributed by atoms with Gasteiger partial charge in [-0.1, -0.05) is 30.6 Å². The Hall–Kier alpha value is -1.93. The highest BCUT2D eigenvalue weighted by Gasteiger charge is 2.23. The maximum absolute atomic E-state index is 12.6. The molecule has 25 heavy (non-hydrogen) atoms. The first kappa shape index (κ1) is 19.4. The number of rotatable bonds is 9. The van der Waals surface area contributed by atoms with Crippen LogP contribution in [0.5, 0.6) is 6.01 Å². The van der Waals surface area contributed by atoms with Crippen LogP contribution in [-0.4, -0.2) is 30.3 Å². The summed E-state index contributed by atoms with van der Waals surface area (Å²) in [6.07, 6.45) is 3.16. The Morgan fingerprint density at radius 3 is 2.44 bits per heavy atom. The SMILES string of the molecule is CCCCc1ccc(S(=O)(=O)N[C@H](C)c2nnc(OC)n2CC)cc1. The summed E-state index contributed by atoms with van der Waals surface area (Å²) in [7, 11) is -2.13. The van der Waals surface area contributed by atoms with Crippen molar-refractivity contribution in [3.8, 4) is 6.01 Å². The molecule has 0 aliphatic heterocycles. The van der Waals surface area contributed by atoms with Gasteiger partial charge in [-0.15, -0.1) is 5.10 Å². The molecule has 138 valence electrons. The zero-order valence-corrected chi connectivity index (χ0v) is 16.0. The first-order valence-electron chi connectivity index (χ1n) is 8.51. The van der Waals surface area contributed by atoms with Crippen molar-refractivity contribution < 1.29 is 13.2 Å². The molecule has 0 radical (unpaired) electrons. The first-order valence-corrected chi connectivity index (χ1v) is 9.99. The molecule has 0 unspecified atom stereocenters. The molecule has 1 aromatic heterocycles. The summed E-state index contributed by atoms with van der Waals surface area (Å²) >= 11 is 0. The quantitative estimate of drug-likeness (QED) is 0.737. The minimum atomic E-state index is -3.64. The Morgan fingerprint density at radius 2 is 1.88 bits per heavy atom. The van der Waals surface area contributed by atoms with Gasteiger partial charge < -0.3 is 4.74 Å². The number of hydrogen-bond acceptors (Lipinski definition) is 5. The van der Waals surface area contributed by atoms with Crippen molar-refractivity contribution in [2.24, 2.45) is 0 Å². The van der Waals surface area contributed by atoms with E-state index in [1.807, 2.05) is 19.1 Å². The summed E-state index contributed by atoms with van der Waals surface area (Å²) in [6, 6.07) is 6.86. The van der Waals surface area contributed by atoms with Gasteiger partial charge in [-0.3, -0.25) is 4.57 Å². The lowest BCUT2D eigenvalue weighted by atomic mass is 10.1. The van der Waals surface area contributed by atoms with Gasteiger partial charge in [0.1, 0.15) is 0 Å². The van der Waals surface area contributed by atoms with E-state index in [0.717, 1.165) is 24.8 Å². The fourth-order valence-corrected chi connectivity index (χ4v) is 3.84. The minimum absolute atomic E-state index is 0.245. The van der Waals surface area contributed by atoms with E-state index >= 15 is 0 Å². The highest BCUT2D eigenvalue weighted by atomic mass is 32.2. The molecule has 0 bridgehead atoms. The molecule has 8 heteroatoms. The van der Waals surface area contributed by atoms with Crippen molar-refractivity contribution in [1.82, 2.24) is 19.5 Å². The van der Waals surface area contributed by atoms with E-state index in [2.05, 4.69) is 21.8 Å². The highest BCUT2D eigenvalue weighted by molar-refractivity contribution is 7.89. The van der Waals surface area contributed by atoms with Crippen LogP contribution in [0.25, 0.3) is 0 Å². The molecule has 0 fully saturated rings. The van der Waals surface area contributed by atoms with Crippen LogP contribution < -0.4 is 9.46 Å². The molecular formula is C17H26N4O3S. The molecule has 0 saturated heterocycles. The Labute approximate surface area is 149 Å². The number of sulfonamides is 1. The Morgan fingerprint density at radius 1 is 1.20 bits per heavy atom. The van der Waals surface area contributed by atoms with Gasteiger partial charge >= 0.3 is 6.01 Å². The highest BCUT2D eigenvalue weighted by Crippen LogP contribution is 2.20. The minimum Gasteiger partial charge on any atom is -0.467 e. The summed E-state index contributed by atoms with van der Waals surface area (Å²) in [5.74, 6) is 0.516. The van der Waals surface area contributed by atoms with Gasteiger partial charge in [-0.2, -0.15) is 0 Å². The number of aryl methyl sites for hydroxylation is 1. The first-order chi connectivity index (χ1) is 11.9. The van der Waals surface area contributed by atoms with E-state index in [9.17, 15) is 8.42 Å². The van der Waals surface area contributed by atoms with E-state index in [1.54, 1.807) is 23.6 Å². The molecule has 0 aliphatic rings. The van der Waals surface area contributed by atoms with Gasteiger partial charge in [0.2, 0.25) is 10.0 Å². The summed E-state index contributed by atoms with van der Waals surface area (Å²) < 4.78 is 34.8. The van der Waals surface area contributed by atoms with Gasteiger partial charge in [0.05, 0.1) is 18.0 Å². The molecular weight excluding hydrogens is 340 g/mol. The van der Waals surface area contributed by atoms with E-state index in [0.29, 0.717) is 18.4 Å². The lowest BCUT2D eigenvalue weighted by Gasteiger charge is -2.15. The smallest absolute Gasteiger partial charge is 0.316 e. The van der Waals surface area contributed by atoms with Crippen LogP contribution in [0.1, 0.15) is 51.0 Å². The molecule has 1 N–H and O–H groups in total. The van der Waals surface area contributed by atoms with Crippen LogP contribution >= 0.6 is 0 Å². The van der Waals surface area contributed by atoms with E-state index in [-0.39, 0.29) is 4.90 Å². The molecule has 2 rings (SSSR count). The monoisotopic (exact) mass is 366 g/mol. The van der Waals surface area contributed by atoms with Gasteiger partial charge in [-0.25, -0.2) is 13.1 Å². The maximum atomic E-state index is 12.6. The zero-order valence-electron chi connectivity index (χ0n) is 15.2. The van der Waals surface area contributed by atoms with Crippen LogP contribution in [0, 0.1) is 0 Å². The summed E-state index contributed by atoms with van der Waals surface area (Å²) in [5, 5.41) is 7.97. The van der Waals surface area contributed by atoms with Crippen molar-refractivity contribution in [1.29, 1.82) is 0 Å². The van der Waals surface area contributed by atoms with Gasteiger partial charge in [0.15, 0.2) is 5.82 Å². The van der Waals surface area contributed by atoms with Crippen LogP contribution in [0.4, 0.5) is 0 Å². The molecule has 0 spiro atoms. The summed E-state index contributed by atoms with van der Waals surface area (Å²) in [4.78, 5) is 0.245. The number of unbranched alkanes of at least 4 members (excludes halogenated alkanes) is 1. The number of ether oxygens (including phenoxy) is 1. The van der Waals surface area contributed by atoms with Crippen molar-refractivity contribution in [3.63, 3.8) is 0 Å². The number of aromatic nitrogens is 3. The van der Waals surface area contributed by atoms with Gasteiger partial charge in [0, 0.05) is 6.54 Å². The van der Waals surface area contributed by atoms with E-state index in [1.165, 1.54) is 7.11 Å².